The van der Waals surface area contributed by atoms with Crippen molar-refractivity contribution in [3.05, 3.63) is 54.3 Å². The molecule has 0 atom stereocenters. The smallest absolute Gasteiger partial charge is 0.204 e. The zero-order valence-corrected chi connectivity index (χ0v) is 9.34. The van der Waals surface area contributed by atoms with Crippen LogP contribution in [0.2, 0.25) is 0 Å². The maximum Gasteiger partial charge on any atom is 0.204 e. The van der Waals surface area contributed by atoms with Gasteiger partial charge in [0.1, 0.15) is 5.82 Å². The third-order valence-electron chi connectivity index (χ3n) is 2.64. The lowest BCUT2D eigenvalue weighted by Crippen LogP contribution is -1.84. The Labute approximate surface area is 102 Å². The van der Waals surface area contributed by atoms with Crippen molar-refractivity contribution in [3.8, 4) is 22.5 Å². The summed E-state index contributed by atoms with van der Waals surface area (Å²) in [5, 5.41) is 13.8. The van der Waals surface area contributed by atoms with E-state index in [0.29, 0.717) is 5.82 Å². The average molecular weight is 240 g/mol. The van der Waals surface area contributed by atoms with Gasteiger partial charge in [-0.1, -0.05) is 30.3 Å². The van der Waals surface area contributed by atoms with Crippen LogP contribution in [0.1, 0.15) is 0 Å². The Balaban J connectivity index is 2.03. The number of rotatable bonds is 2. The van der Waals surface area contributed by atoms with E-state index in [1.165, 1.54) is 12.1 Å². The van der Waals surface area contributed by atoms with Gasteiger partial charge in [0, 0.05) is 5.56 Å². The number of H-pyrrole nitrogens is 1. The number of nitrogens with zero attached hydrogens (tertiary/aromatic N) is 3. The van der Waals surface area contributed by atoms with E-state index in [1.807, 2.05) is 24.3 Å². The summed E-state index contributed by atoms with van der Waals surface area (Å²) in [5.41, 5.74) is 2.80. The lowest BCUT2D eigenvalue weighted by molar-refractivity contribution is 0.628. The average Bonchev–Trinajstić information content (AvgIpc) is 2.94. The predicted octanol–water partition coefficient (Wildman–Crippen LogP) is 2.67. The summed E-state index contributed by atoms with van der Waals surface area (Å²) in [5.74, 6) is 0.298. The van der Waals surface area contributed by atoms with Gasteiger partial charge in [0.15, 0.2) is 0 Å². The highest BCUT2D eigenvalue weighted by Crippen LogP contribution is 2.24. The second-order valence-corrected chi connectivity index (χ2v) is 3.82. The molecule has 0 aliphatic carbocycles. The third-order valence-corrected chi connectivity index (χ3v) is 2.64. The van der Waals surface area contributed by atoms with Crippen LogP contribution in [0, 0.1) is 5.82 Å². The number of halogens is 1. The molecule has 3 rings (SSSR count). The van der Waals surface area contributed by atoms with E-state index >= 15 is 0 Å². The van der Waals surface area contributed by atoms with Crippen LogP contribution in [0.4, 0.5) is 4.39 Å². The maximum absolute atomic E-state index is 12.9. The molecule has 88 valence electrons. The molecule has 0 radical (unpaired) electrons. The van der Waals surface area contributed by atoms with E-state index in [-0.39, 0.29) is 5.82 Å². The van der Waals surface area contributed by atoms with E-state index in [0.717, 1.165) is 16.7 Å². The second-order valence-electron chi connectivity index (χ2n) is 3.82. The Morgan fingerprint density at radius 3 is 2.39 bits per heavy atom. The van der Waals surface area contributed by atoms with Crippen molar-refractivity contribution < 1.29 is 4.39 Å². The summed E-state index contributed by atoms with van der Waals surface area (Å²) in [4.78, 5) is 0. The first-order valence-electron chi connectivity index (χ1n) is 5.43. The molecule has 0 spiro atoms. The van der Waals surface area contributed by atoms with Crippen molar-refractivity contribution in [1.29, 1.82) is 0 Å². The van der Waals surface area contributed by atoms with Gasteiger partial charge < -0.3 is 0 Å². The minimum atomic E-state index is -0.243. The summed E-state index contributed by atoms with van der Waals surface area (Å²) < 4.78 is 12.9. The molecule has 0 saturated heterocycles. The summed E-state index contributed by atoms with van der Waals surface area (Å²) >= 11 is 0. The van der Waals surface area contributed by atoms with E-state index in [4.69, 9.17) is 0 Å². The van der Waals surface area contributed by atoms with E-state index < -0.39 is 0 Å². The first kappa shape index (κ1) is 10.6. The highest BCUT2D eigenvalue weighted by molar-refractivity contribution is 5.69. The SMILES string of the molecule is Fc1ccc(-c2cccc(-c3nn[nH]n3)c2)cc1. The number of tetrazole rings is 1. The van der Waals surface area contributed by atoms with E-state index in [2.05, 4.69) is 20.6 Å². The van der Waals surface area contributed by atoms with Gasteiger partial charge in [0.2, 0.25) is 5.82 Å². The van der Waals surface area contributed by atoms with Gasteiger partial charge in [-0.2, -0.15) is 5.21 Å². The van der Waals surface area contributed by atoms with Crippen LogP contribution in [0.3, 0.4) is 0 Å². The first-order chi connectivity index (χ1) is 8.83. The van der Waals surface area contributed by atoms with Gasteiger partial charge in [-0.05, 0) is 34.5 Å². The summed E-state index contributed by atoms with van der Waals surface area (Å²) in [7, 11) is 0. The molecule has 1 aromatic heterocycles. The highest BCUT2D eigenvalue weighted by Gasteiger charge is 2.04. The molecule has 0 aliphatic heterocycles. The monoisotopic (exact) mass is 240 g/mol. The van der Waals surface area contributed by atoms with Crippen molar-refractivity contribution in [2.75, 3.05) is 0 Å². The van der Waals surface area contributed by atoms with E-state index in [9.17, 15) is 4.39 Å². The Kier molecular flexibility index (Phi) is 2.57. The van der Waals surface area contributed by atoms with Gasteiger partial charge >= 0.3 is 0 Å². The lowest BCUT2D eigenvalue weighted by atomic mass is 10.0. The standard InChI is InChI=1S/C13H9FN4/c14-12-6-4-9(5-7-12)10-2-1-3-11(8-10)13-15-17-18-16-13/h1-8H,(H,15,16,17,18). The third kappa shape index (κ3) is 1.98. The van der Waals surface area contributed by atoms with Crippen molar-refractivity contribution in [1.82, 2.24) is 20.6 Å². The van der Waals surface area contributed by atoms with Gasteiger partial charge in [0.05, 0.1) is 0 Å². The van der Waals surface area contributed by atoms with Crippen LogP contribution < -0.4 is 0 Å². The normalized spacial score (nSPS) is 10.5. The van der Waals surface area contributed by atoms with Crippen molar-refractivity contribution in [2.24, 2.45) is 0 Å². The molecule has 0 bridgehead atoms. The van der Waals surface area contributed by atoms with E-state index in [1.54, 1.807) is 12.1 Å². The highest BCUT2D eigenvalue weighted by atomic mass is 19.1. The Hall–Kier alpha value is -2.56. The molecule has 0 fully saturated rings. The minimum absolute atomic E-state index is 0.243. The molecule has 5 heteroatoms. The van der Waals surface area contributed by atoms with Gasteiger partial charge in [0.25, 0.3) is 0 Å². The fraction of sp³-hybridized carbons (Fsp3) is 0. The minimum Gasteiger partial charge on any atom is -0.207 e. The largest absolute Gasteiger partial charge is 0.207 e. The molecule has 0 unspecified atom stereocenters. The first-order valence-corrected chi connectivity index (χ1v) is 5.43. The molecule has 0 amide bonds. The quantitative estimate of drug-likeness (QED) is 0.749. The molecule has 18 heavy (non-hydrogen) atoms. The lowest BCUT2D eigenvalue weighted by Gasteiger charge is -2.03. The molecule has 0 saturated carbocycles. The molecule has 3 aromatic rings. The van der Waals surface area contributed by atoms with Crippen LogP contribution in [-0.4, -0.2) is 20.6 Å². The molecule has 4 nitrogen and oxygen atoms in total. The van der Waals surface area contributed by atoms with Crippen LogP contribution in [0.15, 0.2) is 48.5 Å². The fourth-order valence-corrected chi connectivity index (χ4v) is 1.76. The Morgan fingerprint density at radius 2 is 1.67 bits per heavy atom. The van der Waals surface area contributed by atoms with Crippen LogP contribution in [0.25, 0.3) is 22.5 Å². The second kappa shape index (κ2) is 4.37. The topological polar surface area (TPSA) is 54.5 Å². The van der Waals surface area contributed by atoms with Gasteiger partial charge in [-0.25, -0.2) is 4.39 Å². The van der Waals surface area contributed by atoms with Crippen molar-refractivity contribution in [3.63, 3.8) is 0 Å². The summed E-state index contributed by atoms with van der Waals surface area (Å²) in [6.07, 6.45) is 0. The van der Waals surface area contributed by atoms with Gasteiger partial charge in [-0.15, -0.1) is 10.2 Å². The predicted molar refractivity (Wildman–Crippen MR) is 65.0 cm³/mol. The number of hydrogen-bond acceptors (Lipinski definition) is 3. The molecule has 2 aromatic carbocycles. The zero-order valence-electron chi connectivity index (χ0n) is 9.34. The number of aromatic amines is 1. The number of aromatic nitrogens is 4. The molecule has 0 aliphatic rings. The maximum atomic E-state index is 12.9. The van der Waals surface area contributed by atoms with Crippen LogP contribution in [0.5, 0.6) is 0 Å². The molecule has 1 N–H and O–H groups in total. The Bertz CT molecular complexity index is 647. The number of hydrogen-bond donors (Lipinski definition) is 1. The van der Waals surface area contributed by atoms with Crippen molar-refractivity contribution >= 4 is 0 Å². The zero-order chi connectivity index (χ0) is 12.4. The summed E-state index contributed by atoms with van der Waals surface area (Å²) in [6.45, 7) is 0. The summed E-state index contributed by atoms with van der Waals surface area (Å²) in [6, 6.07) is 14.1. The molecule has 1 heterocycles. The van der Waals surface area contributed by atoms with Crippen LogP contribution >= 0.6 is 0 Å². The van der Waals surface area contributed by atoms with Gasteiger partial charge in [-0.3, -0.25) is 0 Å². The molecular weight excluding hydrogens is 231 g/mol. The van der Waals surface area contributed by atoms with Crippen molar-refractivity contribution in [2.45, 2.75) is 0 Å². The Morgan fingerprint density at radius 1 is 0.889 bits per heavy atom. The fourth-order valence-electron chi connectivity index (χ4n) is 1.76. The molecular formula is C13H9FN4. The number of nitrogens with one attached hydrogen (secondary N) is 1. The van der Waals surface area contributed by atoms with Crippen LogP contribution in [-0.2, 0) is 0 Å². The number of benzene rings is 2.